The molecule has 12 heavy (non-hydrogen) atoms. The largest absolute Gasteiger partial charge is 0.444 e. The van der Waals surface area contributed by atoms with Crippen LogP contribution in [0.3, 0.4) is 0 Å². The van der Waals surface area contributed by atoms with E-state index in [1.807, 2.05) is 0 Å². The van der Waals surface area contributed by atoms with Crippen molar-refractivity contribution in [3.05, 3.63) is 0 Å². The van der Waals surface area contributed by atoms with Gasteiger partial charge in [-0.2, -0.15) is 0 Å². The van der Waals surface area contributed by atoms with Crippen molar-refractivity contribution in [1.29, 1.82) is 0 Å². The molecule has 0 unspecified atom stereocenters. The molecule has 1 rings (SSSR count). The summed E-state index contributed by atoms with van der Waals surface area (Å²) in [5.41, 5.74) is 4.67. The monoisotopic (exact) mass is 172 g/mol. The van der Waals surface area contributed by atoms with E-state index in [0.29, 0.717) is 0 Å². The number of carbonyl (C=O) groups is 1. The van der Waals surface area contributed by atoms with Crippen molar-refractivity contribution < 1.29 is 9.53 Å². The minimum atomic E-state index is -0.860. The molecule has 3 N–H and O–H groups in total. The molecule has 1 saturated heterocycles. The van der Waals surface area contributed by atoms with Crippen LogP contribution in [0.25, 0.3) is 0 Å². The highest BCUT2D eigenvalue weighted by atomic mass is 16.6. The molecule has 0 radical (unpaired) electrons. The van der Waals surface area contributed by atoms with Crippen molar-refractivity contribution in [2.75, 3.05) is 6.54 Å². The zero-order valence-corrected chi connectivity index (χ0v) is 7.59. The quantitative estimate of drug-likeness (QED) is 0.454. The summed E-state index contributed by atoms with van der Waals surface area (Å²) in [4.78, 5) is 11.3. The Kier molecular flexibility index (Phi) is 2.69. The molecule has 4 nitrogen and oxygen atoms in total. The van der Waals surface area contributed by atoms with Gasteiger partial charge in [-0.1, -0.05) is 0 Å². The molecule has 70 valence electrons. The van der Waals surface area contributed by atoms with Crippen LogP contribution in [0.5, 0.6) is 0 Å². The smallest absolute Gasteiger partial charge is 0.324 e. The first-order chi connectivity index (χ1) is 5.49. The van der Waals surface area contributed by atoms with Crippen LogP contribution >= 0.6 is 0 Å². The summed E-state index contributed by atoms with van der Waals surface area (Å²) >= 11 is 0. The Labute approximate surface area is 72.5 Å². The molecular formula is C8H16N2O2. The van der Waals surface area contributed by atoms with Gasteiger partial charge in [-0.05, 0) is 33.2 Å². The van der Waals surface area contributed by atoms with E-state index in [-0.39, 0.29) is 12.0 Å². The van der Waals surface area contributed by atoms with E-state index in [1.165, 1.54) is 0 Å². The number of nitrogens with two attached hydrogens (primary N) is 1. The van der Waals surface area contributed by atoms with Gasteiger partial charge >= 0.3 is 5.97 Å². The second kappa shape index (κ2) is 3.41. The van der Waals surface area contributed by atoms with Crippen LogP contribution in [0.1, 0.15) is 26.7 Å². The van der Waals surface area contributed by atoms with Gasteiger partial charge in [0, 0.05) is 0 Å². The molecule has 1 aliphatic heterocycles. The van der Waals surface area contributed by atoms with Crippen LogP contribution in [-0.4, -0.2) is 24.3 Å². The first-order valence-corrected chi connectivity index (χ1v) is 4.24. The van der Waals surface area contributed by atoms with Gasteiger partial charge in [0.05, 0.1) is 0 Å². The standard InChI is InChI=1S/C8H16N2O2/c1-8(2,9)12-7(11)6-4-3-5-10-6/h6,10H,3-5,9H2,1-2H3/t6-/m0/s1. The second-order valence-corrected chi connectivity index (χ2v) is 3.67. The highest BCUT2D eigenvalue weighted by Gasteiger charge is 2.27. The molecule has 1 atom stereocenters. The summed E-state index contributed by atoms with van der Waals surface area (Å²) in [6, 6.07) is -0.146. The third-order valence-corrected chi connectivity index (χ3v) is 1.71. The van der Waals surface area contributed by atoms with Crippen LogP contribution in [0, 0.1) is 0 Å². The maximum Gasteiger partial charge on any atom is 0.324 e. The first-order valence-electron chi connectivity index (χ1n) is 4.24. The highest BCUT2D eigenvalue weighted by molar-refractivity contribution is 5.76. The van der Waals surface area contributed by atoms with E-state index in [1.54, 1.807) is 13.8 Å². The van der Waals surface area contributed by atoms with Crippen molar-refractivity contribution in [1.82, 2.24) is 5.32 Å². The number of esters is 1. The van der Waals surface area contributed by atoms with Crippen LogP contribution in [0.4, 0.5) is 0 Å². The maximum atomic E-state index is 11.3. The Morgan fingerprint density at radius 2 is 2.33 bits per heavy atom. The zero-order valence-electron chi connectivity index (χ0n) is 7.59. The van der Waals surface area contributed by atoms with Crippen molar-refractivity contribution in [2.45, 2.75) is 38.5 Å². The summed E-state index contributed by atoms with van der Waals surface area (Å²) in [6.07, 6.45) is 1.89. The molecule has 0 amide bonds. The Morgan fingerprint density at radius 3 is 2.75 bits per heavy atom. The third-order valence-electron chi connectivity index (χ3n) is 1.71. The summed E-state index contributed by atoms with van der Waals surface area (Å²) in [6.45, 7) is 4.23. The molecule has 0 aliphatic carbocycles. The lowest BCUT2D eigenvalue weighted by Gasteiger charge is -2.21. The molecule has 0 spiro atoms. The minimum Gasteiger partial charge on any atom is -0.444 e. The Hall–Kier alpha value is -0.610. The molecule has 0 aromatic rings. The molecule has 0 bridgehead atoms. The topological polar surface area (TPSA) is 64.3 Å². The lowest BCUT2D eigenvalue weighted by atomic mass is 10.2. The average Bonchev–Trinajstić information content (AvgIpc) is 2.32. The number of nitrogens with one attached hydrogen (secondary N) is 1. The van der Waals surface area contributed by atoms with E-state index in [4.69, 9.17) is 10.5 Å². The lowest BCUT2D eigenvalue weighted by molar-refractivity contribution is -0.158. The molecule has 0 aromatic carbocycles. The normalized spacial score (nSPS) is 24.1. The molecule has 1 heterocycles. The van der Waals surface area contributed by atoms with Crippen LogP contribution < -0.4 is 11.1 Å². The third kappa shape index (κ3) is 2.79. The summed E-state index contributed by atoms with van der Waals surface area (Å²) in [5.74, 6) is -0.236. The lowest BCUT2D eigenvalue weighted by Crippen LogP contribution is -2.43. The molecular weight excluding hydrogens is 156 g/mol. The van der Waals surface area contributed by atoms with Crippen molar-refractivity contribution >= 4 is 5.97 Å². The predicted molar refractivity (Wildman–Crippen MR) is 45.4 cm³/mol. The van der Waals surface area contributed by atoms with Gasteiger partial charge in [-0.15, -0.1) is 0 Å². The maximum absolute atomic E-state index is 11.3. The molecule has 0 saturated carbocycles. The van der Waals surface area contributed by atoms with Gasteiger partial charge < -0.3 is 10.1 Å². The van der Waals surface area contributed by atoms with Crippen LogP contribution in [0.2, 0.25) is 0 Å². The number of rotatable bonds is 2. The van der Waals surface area contributed by atoms with Crippen molar-refractivity contribution in [2.24, 2.45) is 5.73 Å². The first kappa shape index (κ1) is 9.48. The van der Waals surface area contributed by atoms with E-state index in [9.17, 15) is 4.79 Å². The fourth-order valence-electron chi connectivity index (χ4n) is 1.22. The number of hydrogen-bond acceptors (Lipinski definition) is 4. The van der Waals surface area contributed by atoms with E-state index in [0.717, 1.165) is 19.4 Å². The van der Waals surface area contributed by atoms with Gasteiger partial charge in [0.15, 0.2) is 5.72 Å². The zero-order chi connectivity index (χ0) is 9.19. The average molecular weight is 172 g/mol. The van der Waals surface area contributed by atoms with Gasteiger partial charge in [0.1, 0.15) is 6.04 Å². The molecule has 1 fully saturated rings. The molecule has 1 aliphatic rings. The van der Waals surface area contributed by atoms with E-state index >= 15 is 0 Å². The Balaban J connectivity index is 2.37. The Bertz CT molecular complexity index is 168. The highest BCUT2D eigenvalue weighted by Crippen LogP contribution is 2.09. The van der Waals surface area contributed by atoms with Gasteiger partial charge in [0.2, 0.25) is 0 Å². The van der Waals surface area contributed by atoms with Crippen molar-refractivity contribution in [3.63, 3.8) is 0 Å². The van der Waals surface area contributed by atoms with Gasteiger partial charge in [-0.3, -0.25) is 10.5 Å². The number of ether oxygens (including phenoxy) is 1. The summed E-state index contributed by atoms with van der Waals surface area (Å²) in [7, 11) is 0. The van der Waals surface area contributed by atoms with Crippen LogP contribution in [-0.2, 0) is 9.53 Å². The van der Waals surface area contributed by atoms with Crippen LogP contribution in [0.15, 0.2) is 0 Å². The van der Waals surface area contributed by atoms with Gasteiger partial charge in [0.25, 0.3) is 0 Å². The summed E-state index contributed by atoms with van der Waals surface area (Å²) in [5, 5.41) is 3.05. The van der Waals surface area contributed by atoms with E-state index < -0.39 is 5.72 Å². The molecule has 0 aromatic heterocycles. The fraction of sp³-hybridized carbons (Fsp3) is 0.875. The summed E-state index contributed by atoms with van der Waals surface area (Å²) < 4.78 is 5.00. The van der Waals surface area contributed by atoms with Crippen molar-refractivity contribution in [3.8, 4) is 0 Å². The fourth-order valence-corrected chi connectivity index (χ4v) is 1.22. The number of carbonyl (C=O) groups excluding carboxylic acids is 1. The van der Waals surface area contributed by atoms with E-state index in [2.05, 4.69) is 5.32 Å². The second-order valence-electron chi connectivity index (χ2n) is 3.67. The SMILES string of the molecule is CC(C)(N)OC(=O)[C@@H]1CCCN1. The van der Waals surface area contributed by atoms with Gasteiger partial charge in [-0.25, -0.2) is 0 Å². The predicted octanol–water partition coefficient (Wildman–Crippen LogP) is -0.0236. The number of hydrogen-bond donors (Lipinski definition) is 2. The Morgan fingerprint density at radius 1 is 1.67 bits per heavy atom. The molecule has 4 heteroatoms. The minimum absolute atomic E-state index is 0.146.